The number of esters is 1. The molecule has 4 atom stereocenters. The van der Waals surface area contributed by atoms with Crippen LogP contribution < -0.4 is 0 Å². The van der Waals surface area contributed by atoms with Crippen molar-refractivity contribution < 1.29 is 32.9 Å². The predicted octanol–water partition coefficient (Wildman–Crippen LogP) is 4.97. The van der Waals surface area contributed by atoms with E-state index in [-0.39, 0.29) is 25.2 Å². The number of hydrogen-bond donors (Lipinski definition) is 1. The lowest BCUT2D eigenvalue weighted by Crippen LogP contribution is -2.50. The third-order valence-corrected chi connectivity index (χ3v) is 6.50. The average molecular weight is 445 g/mol. The second-order valence-electron chi connectivity index (χ2n) is 8.70. The Morgan fingerprint density at radius 2 is 1.90 bits per heavy atom. The van der Waals surface area contributed by atoms with E-state index in [0.717, 1.165) is 26.4 Å². The highest BCUT2D eigenvalue weighted by Crippen LogP contribution is 2.45. The minimum Gasteiger partial charge on any atom is -0.465 e. The van der Waals surface area contributed by atoms with Gasteiger partial charge in [-0.1, -0.05) is 64.2 Å². The minimum atomic E-state index is -2.15. The van der Waals surface area contributed by atoms with E-state index >= 15 is 4.39 Å². The fourth-order valence-electron chi connectivity index (χ4n) is 4.63. The highest BCUT2D eigenvalue weighted by atomic mass is 19.1. The summed E-state index contributed by atoms with van der Waals surface area (Å²) in [5.41, 5.74) is -1.43. The van der Waals surface area contributed by atoms with Gasteiger partial charge in [0.2, 0.25) is 0 Å². The normalized spacial score (nSPS) is 28.8. The maximum Gasteiger partial charge on any atom is 0.370 e. The molecule has 1 N–H and O–H groups in total. The molecule has 31 heavy (non-hydrogen) atoms. The first-order chi connectivity index (χ1) is 14.8. The van der Waals surface area contributed by atoms with Crippen molar-refractivity contribution in [1.29, 1.82) is 0 Å². The lowest BCUT2D eigenvalue weighted by atomic mass is 9.84. The molecule has 0 spiro atoms. The summed E-state index contributed by atoms with van der Waals surface area (Å²) >= 11 is 0. The largest absolute Gasteiger partial charge is 0.465 e. The standard InChI is InChI=1S/C24H38F2O5/c1-4-5-6-7-8-9-14-23(26)15-13-20(27)19(23)12-10-11-18(2)21(25)24(22(28)29-3)30-16-17-31-24/h10-11,19-21,27H,2,4-9,12-17H2,1,3H3/t19-,20-,21?,23-/m0/s1. The highest BCUT2D eigenvalue weighted by Gasteiger charge is 2.54. The summed E-state index contributed by atoms with van der Waals surface area (Å²) in [6.45, 7) is 5.99. The molecule has 1 unspecified atom stereocenters. The SMILES string of the molecule is C=C(C=CC[C@H]1[C@@H](O)CC[C@@]1(F)CCCCCCCC)C(F)C1(C(=O)OC)OCCO1. The second-order valence-corrected chi connectivity index (χ2v) is 8.70. The van der Waals surface area contributed by atoms with Crippen LogP contribution in [0.5, 0.6) is 0 Å². The zero-order valence-corrected chi connectivity index (χ0v) is 18.9. The molecule has 178 valence electrons. The van der Waals surface area contributed by atoms with E-state index in [1.54, 1.807) is 6.08 Å². The minimum absolute atomic E-state index is 0.0276. The quantitative estimate of drug-likeness (QED) is 0.247. The number of aliphatic hydroxyl groups is 1. The Kier molecular flexibility index (Phi) is 10.1. The zero-order chi connectivity index (χ0) is 22.9. The number of halogens is 2. The van der Waals surface area contributed by atoms with Gasteiger partial charge in [-0.3, -0.25) is 0 Å². The van der Waals surface area contributed by atoms with Crippen molar-refractivity contribution >= 4 is 5.97 Å². The maximum absolute atomic E-state index is 15.6. The molecule has 2 fully saturated rings. The van der Waals surface area contributed by atoms with Gasteiger partial charge in [0.15, 0.2) is 6.17 Å². The predicted molar refractivity (Wildman–Crippen MR) is 115 cm³/mol. The van der Waals surface area contributed by atoms with Crippen LogP contribution in [0.3, 0.4) is 0 Å². The number of carbonyl (C=O) groups excluding carboxylic acids is 1. The van der Waals surface area contributed by atoms with Gasteiger partial charge < -0.3 is 19.3 Å². The van der Waals surface area contributed by atoms with Gasteiger partial charge in [-0.2, -0.15) is 0 Å². The van der Waals surface area contributed by atoms with Gasteiger partial charge in [0.25, 0.3) is 0 Å². The lowest BCUT2D eigenvalue weighted by molar-refractivity contribution is -0.219. The number of rotatable bonds is 13. The lowest BCUT2D eigenvalue weighted by Gasteiger charge is -2.29. The van der Waals surface area contributed by atoms with Crippen LogP contribution >= 0.6 is 0 Å². The van der Waals surface area contributed by atoms with Gasteiger partial charge in [-0.15, -0.1) is 0 Å². The monoisotopic (exact) mass is 444 g/mol. The Hall–Kier alpha value is -1.31. The summed E-state index contributed by atoms with van der Waals surface area (Å²) in [5, 5.41) is 10.3. The van der Waals surface area contributed by atoms with Gasteiger partial charge in [0, 0.05) is 5.92 Å². The fourth-order valence-corrected chi connectivity index (χ4v) is 4.63. The van der Waals surface area contributed by atoms with E-state index in [1.807, 2.05) is 0 Å². The molecule has 2 aliphatic rings. The van der Waals surface area contributed by atoms with Crippen LogP contribution in [0, 0.1) is 5.92 Å². The summed E-state index contributed by atoms with van der Waals surface area (Å²) in [6.07, 6.45) is 8.34. The van der Waals surface area contributed by atoms with Crippen LogP contribution in [0.15, 0.2) is 24.3 Å². The van der Waals surface area contributed by atoms with Crippen molar-refractivity contribution in [3.8, 4) is 0 Å². The number of carbonyl (C=O) groups is 1. The smallest absolute Gasteiger partial charge is 0.370 e. The van der Waals surface area contributed by atoms with Crippen LogP contribution in [0.25, 0.3) is 0 Å². The Balaban J connectivity index is 1.91. The molecule has 1 heterocycles. The first-order valence-electron chi connectivity index (χ1n) is 11.5. The van der Waals surface area contributed by atoms with E-state index in [2.05, 4.69) is 18.2 Å². The maximum atomic E-state index is 15.6. The molecule has 0 aromatic heterocycles. The fraction of sp³-hybridized carbons (Fsp3) is 0.792. The van der Waals surface area contributed by atoms with Gasteiger partial charge >= 0.3 is 11.8 Å². The topological polar surface area (TPSA) is 65.0 Å². The molecule has 7 heteroatoms. The van der Waals surface area contributed by atoms with Crippen molar-refractivity contribution in [2.75, 3.05) is 20.3 Å². The molecular weight excluding hydrogens is 406 g/mol. The van der Waals surface area contributed by atoms with Crippen molar-refractivity contribution in [1.82, 2.24) is 0 Å². The number of unbranched alkanes of at least 4 members (excludes halogenated alkanes) is 5. The van der Waals surface area contributed by atoms with Crippen LogP contribution in [0.4, 0.5) is 8.78 Å². The Bertz CT molecular complexity index is 617. The number of methoxy groups -OCH3 is 1. The van der Waals surface area contributed by atoms with Crippen LogP contribution in [-0.2, 0) is 19.0 Å². The van der Waals surface area contributed by atoms with Crippen molar-refractivity contribution in [3.63, 3.8) is 0 Å². The summed E-state index contributed by atoms with van der Waals surface area (Å²) < 4.78 is 45.6. The number of allylic oxidation sites excluding steroid dienone is 2. The van der Waals surface area contributed by atoms with Crippen LogP contribution in [0.1, 0.15) is 71.1 Å². The van der Waals surface area contributed by atoms with Crippen molar-refractivity contribution in [2.45, 2.75) is 94.9 Å². The van der Waals surface area contributed by atoms with Gasteiger partial charge in [0.05, 0.1) is 26.4 Å². The Morgan fingerprint density at radius 3 is 2.55 bits per heavy atom. The van der Waals surface area contributed by atoms with E-state index in [4.69, 9.17) is 9.47 Å². The summed E-state index contributed by atoms with van der Waals surface area (Å²) in [7, 11) is 1.13. The third kappa shape index (κ3) is 6.36. The molecule has 0 amide bonds. The number of alkyl halides is 2. The molecule has 1 saturated carbocycles. The number of aliphatic hydroxyl groups excluding tert-OH is 1. The highest BCUT2D eigenvalue weighted by molar-refractivity contribution is 5.79. The van der Waals surface area contributed by atoms with Gasteiger partial charge in [-0.25, -0.2) is 13.6 Å². The van der Waals surface area contributed by atoms with Gasteiger partial charge in [-0.05, 0) is 31.3 Å². The first kappa shape index (κ1) is 25.9. The van der Waals surface area contributed by atoms with Gasteiger partial charge in [0.1, 0.15) is 5.67 Å². The van der Waals surface area contributed by atoms with Crippen molar-refractivity contribution in [3.05, 3.63) is 24.3 Å². The molecule has 1 saturated heterocycles. The second kappa shape index (κ2) is 12.1. The number of ether oxygens (including phenoxy) is 3. The molecule has 1 aliphatic carbocycles. The Labute approximate surface area is 184 Å². The number of hydrogen-bond acceptors (Lipinski definition) is 5. The molecule has 5 nitrogen and oxygen atoms in total. The van der Waals surface area contributed by atoms with E-state index in [0.29, 0.717) is 19.3 Å². The third-order valence-electron chi connectivity index (χ3n) is 6.50. The zero-order valence-electron chi connectivity index (χ0n) is 18.9. The Morgan fingerprint density at radius 1 is 1.26 bits per heavy atom. The summed E-state index contributed by atoms with van der Waals surface area (Å²) in [5.74, 6) is -3.64. The summed E-state index contributed by atoms with van der Waals surface area (Å²) in [4.78, 5) is 12.0. The van der Waals surface area contributed by atoms with E-state index < -0.39 is 35.6 Å². The molecule has 0 radical (unpaired) electrons. The van der Waals surface area contributed by atoms with Crippen molar-refractivity contribution in [2.24, 2.45) is 5.92 Å². The molecule has 1 aliphatic heterocycles. The van der Waals surface area contributed by atoms with Crippen LogP contribution in [0.2, 0.25) is 0 Å². The summed E-state index contributed by atoms with van der Waals surface area (Å²) in [6, 6.07) is 0. The first-order valence-corrected chi connectivity index (χ1v) is 11.5. The molecular formula is C24H38F2O5. The van der Waals surface area contributed by atoms with Crippen LogP contribution in [-0.4, -0.2) is 55.1 Å². The molecule has 0 bridgehead atoms. The molecule has 0 aromatic rings. The molecule has 2 rings (SSSR count). The average Bonchev–Trinajstić information content (AvgIpc) is 3.36. The van der Waals surface area contributed by atoms with E-state index in [1.165, 1.54) is 25.3 Å². The molecule has 0 aromatic carbocycles. The van der Waals surface area contributed by atoms with E-state index in [9.17, 15) is 14.3 Å².